The van der Waals surface area contributed by atoms with E-state index in [0.29, 0.717) is 18.7 Å². The highest BCUT2D eigenvalue weighted by atomic mass is 32.2. The molecule has 1 aliphatic rings. The fourth-order valence-corrected chi connectivity index (χ4v) is 4.37. The predicted octanol–water partition coefficient (Wildman–Crippen LogP) is 2.21. The van der Waals surface area contributed by atoms with Crippen molar-refractivity contribution in [3.05, 3.63) is 53.5 Å². The largest absolute Gasteiger partial charge is 0.463 e. The molecule has 2 aromatic rings. The number of nitrogens with zero attached hydrogens (tertiary/aromatic N) is 1. The van der Waals surface area contributed by atoms with Crippen molar-refractivity contribution in [3.8, 4) is 0 Å². The van der Waals surface area contributed by atoms with Gasteiger partial charge in [0, 0.05) is 18.7 Å². The zero-order chi connectivity index (χ0) is 19.4. The van der Waals surface area contributed by atoms with E-state index in [2.05, 4.69) is 4.74 Å². The molecule has 1 saturated heterocycles. The van der Waals surface area contributed by atoms with Crippen LogP contribution < -0.4 is 0 Å². The Kier molecular flexibility index (Phi) is 5.62. The third kappa shape index (κ3) is 4.04. The number of hydrogen-bond acceptors (Lipinski definition) is 7. The van der Waals surface area contributed by atoms with Gasteiger partial charge in [0.2, 0.25) is 15.8 Å². The Morgan fingerprint density at radius 3 is 2.59 bits per heavy atom. The van der Waals surface area contributed by atoms with E-state index >= 15 is 0 Å². The van der Waals surface area contributed by atoms with Crippen LogP contribution in [0.1, 0.15) is 39.3 Å². The molecule has 0 amide bonds. The van der Waals surface area contributed by atoms with Crippen molar-refractivity contribution in [2.45, 2.75) is 24.3 Å². The number of rotatable bonds is 6. The second-order valence-corrected chi connectivity index (χ2v) is 7.92. The highest BCUT2D eigenvalue weighted by molar-refractivity contribution is 7.89. The van der Waals surface area contributed by atoms with Gasteiger partial charge in [0.15, 0.2) is 0 Å². The molecule has 1 aliphatic heterocycles. The monoisotopic (exact) mass is 393 g/mol. The summed E-state index contributed by atoms with van der Waals surface area (Å²) in [6.45, 7) is 0.754. The van der Waals surface area contributed by atoms with E-state index in [1.807, 2.05) is 0 Å². The molecule has 9 heteroatoms. The molecule has 0 radical (unpaired) electrons. The van der Waals surface area contributed by atoms with Gasteiger partial charge in [-0.2, -0.15) is 4.31 Å². The summed E-state index contributed by atoms with van der Waals surface area (Å²) >= 11 is 0. The summed E-state index contributed by atoms with van der Waals surface area (Å²) < 4.78 is 41.4. The van der Waals surface area contributed by atoms with E-state index < -0.39 is 22.0 Å². The SMILES string of the molecule is COC(=O)c1occc1COC(=O)c1cccc(S(=O)(=O)N2CCCC2)c1. The summed E-state index contributed by atoms with van der Waals surface area (Å²) in [5.41, 5.74) is 0.467. The van der Waals surface area contributed by atoms with E-state index in [4.69, 9.17) is 9.15 Å². The molecule has 0 unspecified atom stereocenters. The van der Waals surface area contributed by atoms with Gasteiger partial charge in [-0.1, -0.05) is 6.07 Å². The van der Waals surface area contributed by atoms with Crippen LogP contribution in [-0.4, -0.2) is 44.9 Å². The van der Waals surface area contributed by atoms with Crippen LogP contribution in [0.3, 0.4) is 0 Å². The van der Waals surface area contributed by atoms with Gasteiger partial charge in [0.05, 0.1) is 23.8 Å². The zero-order valence-electron chi connectivity index (χ0n) is 14.7. The Labute approximate surface area is 156 Å². The lowest BCUT2D eigenvalue weighted by atomic mass is 10.2. The third-order valence-electron chi connectivity index (χ3n) is 4.25. The van der Waals surface area contributed by atoms with E-state index in [1.54, 1.807) is 0 Å². The maximum Gasteiger partial charge on any atom is 0.374 e. The molecule has 2 heterocycles. The van der Waals surface area contributed by atoms with Gasteiger partial charge in [-0.3, -0.25) is 0 Å². The minimum atomic E-state index is -3.62. The van der Waals surface area contributed by atoms with Crippen molar-refractivity contribution in [2.24, 2.45) is 0 Å². The third-order valence-corrected chi connectivity index (χ3v) is 6.14. The van der Waals surface area contributed by atoms with Crippen molar-refractivity contribution < 1.29 is 31.9 Å². The van der Waals surface area contributed by atoms with E-state index in [1.165, 1.54) is 48.0 Å². The molecular weight excluding hydrogens is 374 g/mol. The molecule has 0 aliphatic carbocycles. The van der Waals surface area contributed by atoms with E-state index in [-0.39, 0.29) is 22.8 Å². The normalized spacial score (nSPS) is 14.9. The van der Waals surface area contributed by atoms with Crippen molar-refractivity contribution in [3.63, 3.8) is 0 Å². The van der Waals surface area contributed by atoms with Gasteiger partial charge in [0.1, 0.15) is 6.61 Å². The summed E-state index contributed by atoms with van der Waals surface area (Å²) in [6.07, 6.45) is 2.95. The molecule has 0 spiro atoms. The average Bonchev–Trinajstić information content (AvgIpc) is 3.37. The number of esters is 2. The smallest absolute Gasteiger partial charge is 0.374 e. The van der Waals surface area contributed by atoms with Gasteiger partial charge in [-0.05, 0) is 37.1 Å². The number of carbonyl (C=O) groups is 2. The molecule has 8 nitrogen and oxygen atoms in total. The molecule has 144 valence electrons. The molecule has 0 bridgehead atoms. The topological polar surface area (TPSA) is 103 Å². The second kappa shape index (κ2) is 7.93. The summed E-state index contributed by atoms with van der Waals surface area (Å²) in [5.74, 6) is -1.43. The highest BCUT2D eigenvalue weighted by Gasteiger charge is 2.28. The first-order chi connectivity index (χ1) is 12.9. The number of carbonyl (C=O) groups excluding carboxylic acids is 2. The molecule has 1 fully saturated rings. The first-order valence-electron chi connectivity index (χ1n) is 8.35. The standard InChI is InChI=1S/C18H19NO7S/c1-24-18(21)16-14(7-10-25-16)12-26-17(20)13-5-4-6-15(11-13)27(22,23)19-8-2-3-9-19/h4-7,10-11H,2-3,8-9,12H2,1H3. The van der Waals surface area contributed by atoms with Crippen LogP contribution in [0.15, 0.2) is 45.9 Å². The highest BCUT2D eigenvalue weighted by Crippen LogP contribution is 2.22. The van der Waals surface area contributed by atoms with E-state index in [9.17, 15) is 18.0 Å². The molecule has 0 saturated carbocycles. The maximum atomic E-state index is 12.6. The number of benzene rings is 1. The fraction of sp³-hybridized carbons (Fsp3) is 0.333. The number of methoxy groups -OCH3 is 1. The Morgan fingerprint density at radius 2 is 1.89 bits per heavy atom. The lowest BCUT2D eigenvalue weighted by Crippen LogP contribution is -2.28. The van der Waals surface area contributed by atoms with Crippen molar-refractivity contribution in [1.82, 2.24) is 4.31 Å². The van der Waals surface area contributed by atoms with Crippen LogP contribution in [-0.2, 0) is 26.1 Å². The van der Waals surface area contributed by atoms with Crippen molar-refractivity contribution >= 4 is 22.0 Å². The van der Waals surface area contributed by atoms with Gasteiger partial charge in [0.25, 0.3) is 0 Å². The zero-order valence-corrected chi connectivity index (χ0v) is 15.5. The van der Waals surface area contributed by atoms with Crippen LogP contribution in [0.5, 0.6) is 0 Å². The number of ether oxygens (including phenoxy) is 2. The minimum Gasteiger partial charge on any atom is -0.463 e. The molecule has 1 aromatic carbocycles. The minimum absolute atomic E-state index is 0.0457. The number of sulfonamides is 1. The van der Waals surface area contributed by atoms with Crippen LogP contribution in [0.4, 0.5) is 0 Å². The molecule has 27 heavy (non-hydrogen) atoms. The Bertz CT molecular complexity index is 942. The van der Waals surface area contributed by atoms with Gasteiger partial charge < -0.3 is 13.9 Å². The van der Waals surface area contributed by atoms with Gasteiger partial charge in [-0.25, -0.2) is 18.0 Å². The summed E-state index contributed by atoms with van der Waals surface area (Å²) in [6, 6.07) is 7.22. The van der Waals surface area contributed by atoms with E-state index in [0.717, 1.165) is 12.8 Å². The molecule has 0 N–H and O–H groups in total. The number of hydrogen-bond donors (Lipinski definition) is 0. The Hall–Kier alpha value is -2.65. The van der Waals surface area contributed by atoms with Crippen LogP contribution in [0, 0.1) is 0 Å². The lowest BCUT2D eigenvalue weighted by Gasteiger charge is -2.15. The summed E-state index contributed by atoms with van der Waals surface area (Å²) in [4.78, 5) is 23.9. The predicted molar refractivity (Wildman–Crippen MR) is 93.6 cm³/mol. The average molecular weight is 393 g/mol. The Morgan fingerprint density at radius 1 is 1.15 bits per heavy atom. The van der Waals surface area contributed by atoms with Gasteiger partial charge in [-0.15, -0.1) is 0 Å². The lowest BCUT2D eigenvalue weighted by molar-refractivity contribution is 0.0453. The van der Waals surface area contributed by atoms with Crippen LogP contribution >= 0.6 is 0 Å². The molecular formula is C18H19NO7S. The van der Waals surface area contributed by atoms with Crippen molar-refractivity contribution in [1.29, 1.82) is 0 Å². The van der Waals surface area contributed by atoms with Crippen LogP contribution in [0.2, 0.25) is 0 Å². The first kappa shape index (κ1) is 19.1. The first-order valence-corrected chi connectivity index (χ1v) is 9.79. The van der Waals surface area contributed by atoms with Crippen LogP contribution in [0.25, 0.3) is 0 Å². The second-order valence-electron chi connectivity index (χ2n) is 5.98. The van der Waals surface area contributed by atoms with Crippen molar-refractivity contribution in [2.75, 3.05) is 20.2 Å². The fourth-order valence-electron chi connectivity index (χ4n) is 2.81. The summed E-state index contributed by atoms with van der Waals surface area (Å²) in [7, 11) is -2.41. The molecule has 0 atom stereocenters. The van der Waals surface area contributed by atoms with Gasteiger partial charge >= 0.3 is 11.9 Å². The maximum absolute atomic E-state index is 12.6. The summed E-state index contributed by atoms with van der Waals surface area (Å²) in [5, 5.41) is 0. The molecule has 3 rings (SSSR count). The Balaban J connectivity index is 1.73. The molecule has 1 aromatic heterocycles. The number of furan rings is 1. The quantitative estimate of drug-likeness (QED) is 0.693.